The Kier molecular flexibility index (Phi) is 8.83. The molecule has 0 amide bonds. The maximum atomic E-state index is 14.0. The number of halogens is 1. The van der Waals surface area contributed by atoms with Crippen molar-refractivity contribution in [2.24, 2.45) is 5.92 Å². The zero-order valence-corrected chi connectivity index (χ0v) is 26.2. The first-order valence-electron chi connectivity index (χ1n) is 13.5. The third-order valence-electron chi connectivity index (χ3n) is 6.84. The van der Waals surface area contributed by atoms with Crippen LogP contribution in [0, 0.1) is 5.92 Å². The van der Waals surface area contributed by atoms with Crippen LogP contribution in [0.15, 0.2) is 29.3 Å². The number of aromatic nitrogens is 2. The van der Waals surface area contributed by atoms with E-state index in [1.165, 1.54) is 10.9 Å². The molecule has 1 aromatic carbocycles. The van der Waals surface area contributed by atoms with E-state index >= 15 is 0 Å². The molecular formula is C27H36ClN3O8S2. The Morgan fingerprint density at radius 3 is 2.46 bits per heavy atom. The van der Waals surface area contributed by atoms with Gasteiger partial charge < -0.3 is 9.47 Å². The van der Waals surface area contributed by atoms with E-state index in [9.17, 15) is 26.4 Å². The molecule has 1 aliphatic heterocycles. The van der Waals surface area contributed by atoms with E-state index in [0.29, 0.717) is 24.9 Å². The Morgan fingerprint density at radius 2 is 1.88 bits per heavy atom. The molecule has 1 aliphatic carbocycles. The van der Waals surface area contributed by atoms with Gasteiger partial charge in [-0.1, -0.05) is 24.6 Å². The zero-order valence-electron chi connectivity index (χ0n) is 23.8. The minimum Gasteiger partial charge on any atom is -0.486 e. The highest BCUT2D eigenvalue weighted by molar-refractivity contribution is 7.93. The van der Waals surface area contributed by atoms with Crippen LogP contribution in [0.5, 0.6) is 5.75 Å². The number of hydrogen-bond donors (Lipinski definition) is 0. The summed E-state index contributed by atoms with van der Waals surface area (Å²) >= 11 is 6.24. The predicted molar refractivity (Wildman–Crippen MR) is 153 cm³/mol. The van der Waals surface area contributed by atoms with Crippen LogP contribution in [-0.4, -0.2) is 67.6 Å². The van der Waals surface area contributed by atoms with E-state index in [0.717, 1.165) is 4.31 Å². The lowest BCUT2D eigenvalue weighted by Gasteiger charge is -2.36. The Morgan fingerprint density at radius 1 is 1.20 bits per heavy atom. The summed E-state index contributed by atoms with van der Waals surface area (Å²) in [6.07, 6.45) is 1.76. The van der Waals surface area contributed by atoms with Gasteiger partial charge in [0.25, 0.3) is 10.0 Å². The topological polar surface area (TPSA) is 142 Å². The van der Waals surface area contributed by atoms with Crippen molar-refractivity contribution >= 4 is 48.9 Å². The lowest BCUT2D eigenvalue weighted by molar-refractivity contribution is -0.153. The Balaban J connectivity index is 1.64. The molecule has 0 spiro atoms. The van der Waals surface area contributed by atoms with E-state index in [1.807, 2.05) is 0 Å². The summed E-state index contributed by atoms with van der Waals surface area (Å²) in [5.74, 6) is -1.88. The summed E-state index contributed by atoms with van der Waals surface area (Å²) in [7, 11) is -7.73. The van der Waals surface area contributed by atoms with Crippen LogP contribution in [0.2, 0.25) is 5.15 Å². The van der Waals surface area contributed by atoms with E-state index in [4.69, 9.17) is 21.1 Å². The molecule has 1 fully saturated rings. The molecule has 41 heavy (non-hydrogen) atoms. The van der Waals surface area contributed by atoms with Crippen LogP contribution < -0.4 is 9.04 Å². The number of benzene rings is 1. The minimum atomic E-state index is -4.25. The summed E-state index contributed by atoms with van der Waals surface area (Å²) in [5.41, 5.74) is 0.0431. The number of nitrogens with zero attached hydrogens (tertiary/aromatic N) is 3. The first-order valence-corrected chi connectivity index (χ1v) is 17.0. The number of carbonyl (C=O) groups excluding carboxylic acids is 2. The SMILES string of the molecule is CCn1cc(S(=O)(=O)N2C[C@H](C[C@@H](C)C(=O)CS(=O)(=O)C3CC3)Oc3ccc(CC(=O)OC(C)(C)C)cc32)c(Cl)n1. The molecule has 0 unspecified atom stereocenters. The predicted octanol–water partition coefficient (Wildman–Crippen LogP) is 3.57. The number of ketones is 1. The van der Waals surface area contributed by atoms with Crippen LogP contribution in [0.1, 0.15) is 59.4 Å². The fourth-order valence-electron chi connectivity index (χ4n) is 4.61. The summed E-state index contributed by atoms with van der Waals surface area (Å²) in [6, 6.07) is 4.78. The monoisotopic (exact) mass is 629 g/mol. The zero-order chi connectivity index (χ0) is 30.3. The first kappa shape index (κ1) is 31.3. The number of anilines is 1. The lowest BCUT2D eigenvalue weighted by atomic mass is 9.98. The second-order valence-electron chi connectivity index (χ2n) is 11.6. The number of carbonyl (C=O) groups is 2. The van der Waals surface area contributed by atoms with E-state index in [2.05, 4.69) is 5.10 Å². The van der Waals surface area contributed by atoms with Gasteiger partial charge in [0.2, 0.25) is 0 Å². The fourth-order valence-corrected chi connectivity index (χ4v) is 8.33. The van der Waals surface area contributed by atoms with Gasteiger partial charge in [-0.25, -0.2) is 16.8 Å². The Labute approximate surface area is 246 Å². The second kappa shape index (κ2) is 11.6. The molecule has 0 radical (unpaired) electrons. The second-order valence-corrected chi connectivity index (χ2v) is 16.1. The van der Waals surface area contributed by atoms with Gasteiger partial charge in [-0.15, -0.1) is 0 Å². The smallest absolute Gasteiger partial charge is 0.310 e. The van der Waals surface area contributed by atoms with E-state index in [1.54, 1.807) is 52.8 Å². The van der Waals surface area contributed by atoms with Crippen LogP contribution in [0.3, 0.4) is 0 Å². The molecular weight excluding hydrogens is 594 g/mol. The Bertz CT molecular complexity index is 1540. The van der Waals surface area contributed by atoms with Crippen LogP contribution in [0.4, 0.5) is 5.69 Å². The third-order valence-corrected chi connectivity index (χ3v) is 11.2. The number of fused-ring (bicyclic) bond motifs is 1. The fraction of sp³-hybridized carbons (Fsp3) is 0.593. The normalized spacial score (nSPS) is 18.4. The molecule has 14 heteroatoms. The average molecular weight is 630 g/mol. The van der Waals surface area contributed by atoms with Crippen molar-refractivity contribution in [2.75, 3.05) is 16.6 Å². The lowest BCUT2D eigenvalue weighted by Crippen LogP contribution is -2.45. The molecule has 1 aromatic heterocycles. The van der Waals surface area contributed by atoms with E-state index in [-0.39, 0.29) is 40.9 Å². The molecule has 0 N–H and O–H groups in total. The summed E-state index contributed by atoms with van der Waals surface area (Å²) in [5, 5.41) is 3.43. The summed E-state index contributed by atoms with van der Waals surface area (Å²) < 4.78 is 66.7. The molecule has 226 valence electrons. The van der Waals surface area contributed by atoms with Crippen molar-refractivity contribution in [3.8, 4) is 5.75 Å². The van der Waals surface area contributed by atoms with Crippen molar-refractivity contribution in [1.82, 2.24) is 9.78 Å². The van der Waals surface area contributed by atoms with Gasteiger partial charge in [-0.3, -0.25) is 18.6 Å². The number of ether oxygens (including phenoxy) is 2. The standard InChI is InChI=1S/C27H36ClN3O8S2/c1-6-30-15-24(26(28)29-30)41(36,37)31-14-19(11-17(2)22(32)16-40(34,35)20-8-9-20)38-23-10-7-18(12-21(23)31)13-25(33)39-27(3,4)5/h7,10,12,15,17,19-20H,6,8-9,11,13-14,16H2,1-5H3/t17-,19+/m1/s1. The summed E-state index contributed by atoms with van der Waals surface area (Å²) in [4.78, 5) is 25.1. The van der Waals surface area contributed by atoms with Crippen LogP contribution in [0.25, 0.3) is 0 Å². The number of hydrogen-bond acceptors (Lipinski definition) is 9. The summed E-state index contributed by atoms with van der Waals surface area (Å²) in [6.45, 7) is 8.93. The van der Waals surface area contributed by atoms with Crippen LogP contribution >= 0.6 is 11.6 Å². The van der Waals surface area contributed by atoms with Gasteiger partial charge >= 0.3 is 5.97 Å². The molecule has 2 atom stereocenters. The van der Waals surface area contributed by atoms with Crippen molar-refractivity contribution in [2.45, 2.75) is 88.7 Å². The van der Waals surface area contributed by atoms with Gasteiger partial charge in [0, 0.05) is 18.7 Å². The molecule has 11 nitrogen and oxygen atoms in total. The molecule has 0 saturated heterocycles. The third kappa shape index (κ3) is 7.42. The van der Waals surface area contributed by atoms with E-state index < -0.39 is 60.2 Å². The van der Waals surface area contributed by atoms with Crippen LogP contribution in [-0.2, 0) is 47.2 Å². The largest absolute Gasteiger partial charge is 0.486 e. The molecule has 2 aliphatic rings. The molecule has 1 saturated carbocycles. The van der Waals surface area contributed by atoms with Gasteiger partial charge in [0.05, 0.1) is 23.9 Å². The maximum Gasteiger partial charge on any atom is 0.310 e. The highest BCUT2D eigenvalue weighted by Gasteiger charge is 2.40. The number of aryl methyl sites for hydroxylation is 1. The van der Waals surface area contributed by atoms with Gasteiger partial charge in [0.1, 0.15) is 28.1 Å². The first-order chi connectivity index (χ1) is 19.0. The van der Waals surface area contributed by atoms with Gasteiger partial charge in [0.15, 0.2) is 20.8 Å². The quantitative estimate of drug-likeness (QED) is 0.341. The average Bonchev–Trinajstić information content (AvgIpc) is 3.65. The van der Waals surface area contributed by atoms with Gasteiger partial charge in [-0.05, 0) is 64.7 Å². The van der Waals surface area contributed by atoms with Crippen molar-refractivity contribution in [1.29, 1.82) is 0 Å². The highest BCUT2D eigenvalue weighted by Crippen LogP contribution is 2.40. The molecule has 2 heterocycles. The maximum absolute atomic E-state index is 14.0. The number of sulfonamides is 1. The van der Waals surface area contributed by atoms with Crippen molar-refractivity contribution in [3.63, 3.8) is 0 Å². The number of sulfone groups is 1. The number of esters is 1. The number of Topliss-reactive ketones (excluding diaryl/α,β-unsaturated/α-hetero) is 1. The molecule has 4 rings (SSSR count). The van der Waals surface area contributed by atoms with Crippen molar-refractivity contribution < 1.29 is 35.9 Å². The minimum absolute atomic E-state index is 0.0859. The Hall–Kier alpha value is -2.64. The molecule has 2 aromatic rings. The number of rotatable bonds is 11. The van der Waals surface area contributed by atoms with Crippen molar-refractivity contribution in [3.05, 3.63) is 35.1 Å². The molecule has 0 bridgehead atoms. The highest BCUT2D eigenvalue weighted by atomic mass is 35.5. The van der Waals surface area contributed by atoms with Gasteiger partial charge in [-0.2, -0.15) is 5.10 Å².